The Labute approximate surface area is 171 Å². The predicted octanol–water partition coefficient (Wildman–Crippen LogP) is 4.33. The Morgan fingerprint density at radius 1 is 1.07 bits per heavy atom. The van der Waals surface area contributed by atoms with Gasteiger partial charge in [-0.05, 0) is 31.5 Å². The van der Waals surface area contributed by atoms with E-state index in [4.69, 9.17) is 10.7 Å². The monoisotopic (exact) mass is 402 g/mol. The zero-order chi connectivity index (χ0) is 20.5. The molecule has 0 unspecified atom stereocenters. The number of hydrogen-bond donors (Lipinski definition) is 2. The van der Waals surface area contributed by atoms with Crippen LogP contribution in [-0.4, -0.2) is 21.8 Å². The number of thiazole rings is 1. The number of hydrogen-bond acceptors (Lipinski definition) is 5. The molecule has 0 bridgehead atoms. The van der Waals surface area contributed by atoms with E-state index in [9.17, 15) is 9.59 Å². The van der Waals surface area contributed by atoms with Crippen LogP contribution in [0.25, 0.3) is 22.2 Å². The standard InChI is InChI=1S/C22H18N4O2S/c1-12-7-8-14(13(2)9-12)18-10-16(15-5-3-4-6-17(15)25-18)21(28)26-22-24-11-19(29-22)20(23)27/h3-11H,1-2H3,(H2,23,27)(H,24,26,28). The molecule has 2 aromatic heterocycles. The van der Waals surface area contributed by atoms with Gasteiger partial charge in [0, 0.05) is 10.9 Å². The van der Waals surface area contributed by atoms with Crippen molar-refractivity contribution in [1.82, 2.24) is 9.97 Å². The van der Waals surface area contributed by atoms with Crippen LogP contribution in [0.4, 0.5) is 5.13 Å². The summed E-state index contributed by atoms with van der Waals surface area (Å²) in [5, 5.41) is 3.82. The van der Waals surface area contributed by atoms with Crippen LogP contribution in [0.2, 0.25) is 0 Å². The molecule has 0 aliphatic carbocycles. The van der Waals surface area contributed by atoms with E-state index in [2.05, 4.69) is 16.4 Å². The molecule has 0 aliphatic heterocycles. The van der Waals surface area contributed by atoms with Crippen molar-refractivity contribution in [2.75, 3.05) is 5.32 Å². The highest BCUT2D eigenvalue weighted by molar-refractivity contribution is 7.17. The quantitative estimate of drug-likeness (QED) is 0.531. The van der Waals surface area contributed by atoms with Crippen LogP contribution in [-0.2, 0) is 0 Å². The van der Waals surface area contributed by atoms with Gasteiger partial charge in [0.25, 0.3) is 11.8 Å². The summed E-state index contributed by atoms with van der Waals surface area (Å²) in [5.41, 5.74) is 10.4. The van der Waals surface area contributed by atoms with E-state index in [1.807, 2.05) is 50.2 Å². The van der Waals surface area contributed by atoms with Crippen molar-refractivity contribution in [3.05, 3.63) is 76.3 Å². The van der Waals surface area contributed by atoms with Crippen molar-refractivity contribution in [2.24, 2.45) is 5.73 Å². The van der Waals surface area contributed by atoms with Gasteiger partial charge in [-0.1, -0.05) is 53.3 Å². The van der Waals surface area contributed by atoms with Crippen molar-refractivity contribution in [1.29, 1.82) is 0 Å². The Kier molecular flexibility index (Phi) is 4.82. The Morgan fingerprint density at radius 3 is 2.59 bits per heavy atom. The molecule has 4 rings (SSSR count). The topological polar surface area (TPSA) is 98.0 Å². The first-order valence-corrected chi connectivity index (χ1v) is 9.78. The first-order valence-electron chi connectivity index (χ1n) is 8.97. The lowest BCUT2D eigenvalue weighted by atomic mass is 9.99. The molecule has 2 aromatic carbocycles. The summed E-state index contributed by atoms with van der Waals surface area (Å²) in [4.78, 5) is 33.4. The van der Waals surface area contributed by atoms with Crippen LogP contribution in [0.15, 0.2) is 54.7 Å². The normalized spacial score (nSPS) is 10.8. The smallest absolute Gasteiger partial charge is 0.260 e. The van der Waals surface area contributed by atoms with Crippen LogP contribution in [0.1, 0.15) is 31.2 Å². The van der Waals surface area contributed by atoms with Crippen LogP contribution in [0.5, 0.6) is 0 Å². The number of nitrogens with one attached hydrogen (secondary N) is 1. The number of pyridine rings is 1. The fraction of sp³-hybridized carbons (Fsp3) is 0.0909. The molecule has 144 valence electrons. The number of aromatic nitrogens is 2. The summed E-state index contributed by atoms with van der Waals surface area (Å²) in [6.45, 7) is 4.07. The van der Waals surface area contributed by atoms with Gasteiger partial charge in [0.05, 0.1) is 23.0 Å². The number of amides is 2. The minimum Gasteiger partial charge on any atom is -0.365 e. The van der Waals surface area contributed by atoms with Gasteiger partial charge in [0.15, 0.2) is 5.13 Å². The second-order valence-electron chi connectivity index (χ2n) is 6.74. The molecule has 2 amide bonds. The minimum atomic E-state index is -0.575. The second kappa shape index (κ2) is 7.44. The lowest BCUT2D eigenvalue weighted by Crippen LogP contribution is -2.13. The van der Waals surface area contributed by atoms with E-state index >= 15 is 0 Å². The molecule has 4 aromatic rings. The highest BCUT2D eigenvalue weighted by Crippen LogP contribution is 2.28. The van der Waals surface area contributed by atoms with Crippen LogP contribution in [0.3, 0.4) is 0 Å². The molecule has 0 spiro atoms. The number of rotatable bonds is 4. The van der Waals surface area contributed by atoms with Crippen molar-refractivity contribution < 1.29 is 9.59 Å². The van der Waals surface area contributed by atoms with Crippen molar-refractivity contribution in [3.63, 3.8) is 0 Å². The number of carbonyl (C=O) groups excluding carboxylic acids is 2. The maximum atomic E-state index is 13.0. The summed E-state index contributed by atoms with van der Waals surface area (Å²) in [7, 11) is 0. The highest BCUT2D eigenvalue weighted by atomic mass is 32.1. The number of para-hydroxylation sites is 1. The van der Waals surface area contributed by atoms with Crippen LogP contribution >= 0.6 is 11.3 Å². The molecule has 0 atom stereocenters. The number of carbonyl (C=O) groups is 2. The predicted molar refractivity (Wildman–Crippen MR) is 115 cm³/mol. The molecular weight excluding hydrogens is 384 g/mol. The first kappa shape index (κ1) is 18.8. The van der Waals surface area contributed by atoms with Gasteiger partial charge in [0.2, 0.25) is 0 Å². The Balaban J connectivity index is 1.79. The lowest BCUT2D eigenvalue weighted by Gasteiger charge is -2.11. The number of nitrogens with zero attached hydrogens (tertiary/aromatic N) is 2. The fourth-order valence-corrected chi connectivity index (χ4v) is 3.88. The van der Waals surface area contributed by atoms with E-state index in [0.717, 1.165) is 39.1 Å². The number of aryl methyl sites for hydroxylation is 2. The SMILES string of the molecule is Cc1ccc(-c2cc(C(=O)Nc3ncc(C(N)=O)s3)c3ccccc3n2)c(C)c1. The van der Waals surface area contributed by atoms with Gasteiger partial charge >= 0.3 is 0 Å². The number of fused-ring (bicyclic) bond motifs is 1. The third-order valence-corrected chi connectivity index (χ3v) is 5.51. The van der Waals surface area contributed by atoms with Crippen LogP contribution in [0, 0.1) is 13.8 Å². The van der Waals surface area contributed by atoms with Crippen LogP contribution < -0.4 is 11.1 Å². The summed E-state index contributed by atoms with van der Waals surface area (Å²) < 4.78 is 0. The van der Waals surface area contributed by atoms with Gasteiger partial charge in [-0.25, -0.2) is 9.97 Å². The number of primary amides is 1. The van der Waals surface area contributed by atoms with Gasteiger partial charge in [-0.15, -0.1) is 0 Å². The van der Waals surface area contributed by atoms with E-state index < -0.39 is 5.91 Å². The fourth-order valence-electron chi connectivity index (χ4n) is 3.21. The molecule has 0 radical (unpaired) electrons. The zero-order valence-corrected chi connectivity index (χ0v) is 16.7. The van der Waals surface area contributed by atoms with Crippen molar-refractivity contribution in [3.8, 4) is 11.3 Å². The third kappa shape index (κ3) is 3.72. The molecular formula is C22H18N4O2S. The number of anilines is 1. The second-order valence-corrected chi connectivity index (χ2v) is 7.77. The van der Waals surface area contributed by atoms with E-state index in [1.54, 1.807) is 6.07 Å². The molecule has 6 nitrogen and oxygen atoms in total. The van der Waals surface area contributed by atoms with Gasteiger partial charge in [0.1, 0.15) is 4.88 Å². The van der Waals surface area contributed by atoms with Crippen molar-refractivity contribution in [2.45, 2.75) is 13.8 Å². The maximum absolute atomic E-state index is 13.0. The van der Waals surface area contributed by atoms with Gasteiger partial charge in [-0.3, -0.25) is 14.9 Å². The first-order chi connectivity index (χ1) is 13.9. The van der Waals surface area contributed by atoms with E-state index in [0.29, 0.717) is 10.7 Å². The molecule has 3 N–H and O–H groups in total. The summed E-state index contributed by atoms with van der Waals surface area (Å²) >= 11 is 1.04. The van der Waals surface area contributed by atoms with E-state index in [-0.39, 0.29) is 10.8 Å². The largest absolute Gasteiger partial charge is 0.365 e. The zero-order valence-electron chi connectivity index (χ0n) is 15.9. The third-order valence-electron chi connectivity index (χ3n) is 4.59. The lowest BCUT2D eigenvalue weighted by molar-refractivity contribution is 0.100. The molecule has 2 heterocycles. The Hall–Kier alpha value is -3.58. The summed E-state index contributed by atoms with van der Waals surface area (Å²) in [6.07, 6.45) is 1.36. The number of benzene rings is 2. The highest BCUT2D eigenvalue weighted by Gasteiger charge is 2.17. The average Bonchev–Trinajstić information content (AvgIpc) is 3.16. The van der Waals surface area contributed by atoms with E-state index in [1.165, 1.54) is 11.8 Å². The molecule has 29 heavy (non-hydrogen) atoms. The maximum Gasteiger partial charge on any atom is 0.260 e. The Morgan fingerprint density at radius 2 is 1.86 bits per heavy atom. The molecule has 0 aliphatic rings. The van der Waals surface area contributed by atoms with Crippen molar-refractivity contribution >= 4 is 39.2 Å². The molecule has 7 heteroatoms. The van der Waals surface area contributed by atoms with Gasteiger partial charge in [-0.2, -0.15) is 0 Å². The minimum absolute atomic E-state index is 0.288. The number of nitrogens with two attached hydrogens (primary N) is 1. The summed E-state index contributed by atoms with van der Waals surface area (Å²) in [6, 6.07) is 15.4. The molecule has 0 saturated heterocycles. The molecule has 0 fully saturated rings. The molecule has 0 saturated carbocycles. The average molecular weight is 402 g/mol. The van der Waals surface area contributed by atoms with Gasteiger partial charge < -0.3 is 5.73 Å². The summed E-state index contributed by atoms with van der Waals surface area (Å²) in [5.74, 6) is -0.894. The Bertz CT molecular complexity index is 1260.